The number of aromatic nitrogens is 2. The molecule has 0 spiro atoms. The number of benzene rings is 3. The Morgan fingerprint density at radius 1 is 0.850 bits per heavy atom. The molecule has 0 aliphatic carbocycles. The zero-order valence-corrected chi connectivity index (χ0v) is 26.4. The molecule has 206 valence electrons. The summed E-state index contributed by atoms with van der Waals surface area (Å²) in [5.41, 5.74) is 3.90. The van der Waals surface area contributed by atoms with Crippen LogP contribution in [0.5, 0.6) is 0 Å². The van der Waals surface area contributed by atoms with Crippen molar-refractivity contribution < 1.29 is 9.59 Å². The molecule has 1 aromatic heterocycles. The van der Waals surface area contributed by atoms with E-state index in [9.17, 15) is 9.59 Å². The van der Waals surface area contributed by atoms with E-state index in [1.807, 2.05) is 18.2 Å². The van der Waals surface area contributed by atoms with E-state index in [2.05, 4.69) is 121 Å². The fourth-order valence-electron chi connectivity index (χ4n) is 5.28. The van der Waals surface area contributed by atoms with Gasteiger partial charge in [-0.15, -0.1) is 16.9 Å². The fourth-order valence-corrected chi connectivity index (χ4v) is 10.8. The first-order valence-electron chi connectivity index (χ1n) is 13.5. The van der Waals surface area contributed by atoms with E-state index in [4.69, 9.17) is 0 Å². The van der Waals surface area contributed by atoms with Crippen molar-refractivity contribution >= 4 is 43.2 Å². The van der Waals surface area contributed by atoms with Gasteiger partial charge in [-0.1, -0.05) is 129 Å². The number of nitrogens with zero attached hydrogens (tertiary/aromatic N) is 3. The first-order valence-corrected chi connectivity index (χ1v) is 18.1. The number of carbonyl (C=O) groups is 2. The van der Waals surface area contributed by atoms with Crippen LogP contribution in [0.15, 0.2) is 91.0 Å². The minimum absolute atomic E-state index is 0.0787. The van der Waals surface area contributed by atoms with Crippen LogP contribution in [0.4, 0.5) is 0 Å². The summed E-state index contributed by atoms with van der Waals surface area (Å²) in [6, 6.07) is 31.3. The SMILES string of the molecule is Cc1nnsc1C(=O)C1C(=O)N([Si](C)(C)C(C)(C)C)C1SC(c1ccccc1)(c1ccccc1)c1ccccc1. The molecule has 3 aromatic carbocycles. The number of β-lactam (4-membered cyclic amide) rings is 1. The third-order valence-electron chi connectivity index (χ3n) is 8.48. The van der Waals surface area contributed by atoms with Crippen LogP contribution in [-0.2, 0) is 9.54 Å². The second kappa shape index (κ2) is 10.7. The molecule has 1 aliphatic heterocycles. The number of ketones is 1. The van der Waals surface area contributed by atoms with E-state index < -0.39 is 18.9 Å². The molecule has 5 nitrogen and oxygen atoms in total. The molecule has 0 N–H and O–H groups in total. The zero-order valence-electron chi connectivity index (χ0n) is 23.8. The molecular formula is C32H35N3O2S2Si. The molecule has 4 aromatic rings. The molecule has 0 saturated carbocycles. The summed E-state index contributed by atoms with van der Waals surface area (Å²) in [7, 11) is -2.35. The minimum Gasteiger partial charge on any atom is -0.356 e. The van der Waals surface area contributed by atoms with Crippen molar-refractivity contribution in [3.63, 3.8) is 0 Å². The monoisotopic (exact) mass is 585 g/mol. The van der Waals surface area contributed by atoms with Crippen LogP contribution in [0.2, 0.25) is 18.1 Å². The van der Waals surface area contributed by atoms with Crippen molar-refractivity contribution in [2.75, 3.05) is 0 Å². The smallest absolute Gasteiger partial charge is 0.229 e. The summed E-state index contributed by atoms with van der Waals surface area (Å²) in [5, 5.41) is 3.63. The molecule has 2 unspecified atom stereocenters. The third-order valence-corrected chi connectivity index (χ3v) is 16.7. The van der Waals surface area contributed by atoms with Crippen LogP contribution >= 0.6 is 23.3 Å². The molecule has 0 bridgehead atoms. The van der Waals surface area contributed by atoms with Gasteiger partial charge in [-0.3, -0.25) is 9.59 Å². The third kappa shape index (κ3) is 4.66. The number of rotatable bonds is 8. The highest BCUT2D eigenvalue weighted by Crippen LogP contribution is 2.57. The number of Topliss-reactive ketones (excluding diaryl/α,β-unsaturated/α-hetero) is 1. The van der Waals surface area contributed by atoms with E-state index in [1.54, 1.807) is 18.7 Å². The number of aryl methyl sites for hydroxylation is 1. The van der Waals surface area contributed by atoms with Crippen molar-refractivity contribution in [2.45, 2.75) is 55.9 Å². The minimum atomic E-state index is -2.35. The Morgan fingerprint density at radius 3 is 1.68 bits per heavy atom. The average molecular weight is 586 g/mol. The van der Waals surface area contributed by atoms with Gasteiger partial charge in [0.25, 0.3) is 0 Å². The number of amides is 1. The van der Waals surface area contributed by atoms with Gasteiger partial charge in [0.1, 0.15) is 10.8 Å². The molecule has 1 fully saturated rings. The van der Waals surface area contributed by atoms with Crippen molar-refractivity contribution in [2.24, 2.45) is 5.92 Å². The Morgan fingerprint density at radius 2 is 1.30 bits per heavy atom. The summed E-state index contributed by atoms with van der Waals surface area (Å²) in [5.74, 6) is -1.05. The Labute approximate surface area is 246 Å². The van der Waals surface area contributed by atoms with Crippen LogP contribution in [0.25, 0.3) is 0 Å². The molecule has 2 heterocycles. The van der Waals surface area contributed by atoms with Gasteiger partial charge in [0.2, 0.25) is 5.91 Å². The molecule has 8 heteroatoms. The summed E-state index contributed by atoms with van der Waals surface area (Å²) < 4.78 is 5.44. The molecular weight excluding hydrogens is 551 g/mol. The molecule has 1 amide bonds. The van der Waals surface area contributed by atoms with E-state index in [0.29, 0.717) is 10.6 Å². The highest BCUT2D eigenvalue weighted by molar-refractivity contribution is 8.01. The summed E-state index contributed by atoms with van der Waals surface area (Å²) >= 11 is 2.80. The van der Waals surface area contributed by atoms with E-state index in [1.165, 1.54) is 0 Å². The lowest BCUT2D eigenvalue weighted by Crippen LogP contribution is -2.73. The largest absolute Gasteiger partial charge is 0.356 e. The number of hydrogen-bond acceptors (Lipinski definition) is 6. The van der Waals surface area contributed by atoms with E-state index in [-0.39, 0.29) is 22.1 Å². The van der Waals surface area contributed by atoms with Crippen LogP contribution in [-0.4, -0.2) is 39.5 Å². The van der Waals surface area contributed by atoms with Gasteiger partial charge in [-0.2, -0.15) is 0 Å². The lowest BCUT2D eigenvalue weighted by molar-refractivity contribution is -0.140. The quantitative estimate of drug-likeness (QED) is 0.0703. The summed E-state index contributed by atoms with van der Waals surface area (Å²) in [6.45, 7) is 12.9. The second-order valence-corrected chi connectivity index (χ2v) is 19.0. The fraction of sp³-hybridized carbons (Fsp3) is 0.312. The van der Waals surface area contributed by atoms with Gasteiger partial charge in [0.15, 0.2) is 14.0 Å². The Balaban J connectivity index is 1.74. The van der Waals surface area contributed by atoms with Gasteiger partial charge in [-0.05, 0) is 40.2 Å². The summed E-state index contributed by atoms with van der Waals surface area (Å²) in [4.78, 5) is 28.6. The van der Waals surface area contributed by atoms with Gasteiger partial charge in [0.05, 0.1) is 15.8 Å². The van der Waals surface area contributed by atoms with Crippen LogP contribution in [0.1, 0.15) is 52.8 Å². The highest BCUT2D eigenvalue weighted by atomic mass is 32.2. The van der Waals surface area contributed by atoms with Crippen LogP contribution < -0.4 is 0 Å². The maximum absolute atomic E-state index is 14.1. The van der Waals surface area contributed by atoms with Crippen LogP contribution in [0, 0.1) is 12.8 Å². The number of hydrogen-bond donors (Lipinski definition) is 0. The van der Waals surface area contributed by atoms with E-state index in [0.717, 1.165) is 28.2 Å². The van der Waals surface area contributed by atoms with Gasteiger partial charge in [0, 0.05) is 0 Å². The molecule has 40 heavy (non-hydrogen) atoms. The Bertz CT molecular complexity index is 1400. The van der Waals surface area contributed by atoms with Crippen molar-refractivity contribution in [1.29, 1.82) is 0 Å². The standard InChI is InChI=1S/C32H35N3O2S2Si/c1-22-28(39-34-33-22)27(36)26-29(37)35(40(5,6)31(2,3)4)30(26)38-32(23-16-10-7-11-17-23,24-18-12-8-13-19-24)25-20-14-9-15-21-25/h7-21,26,30H,1-6H3. The molecule has 1 saturated heterocycles. The summed E-state index contributed by atoms with van der Waals surface area (Å²) in [6.07, 6.45) is 0. The highest BCUT2D eigenvalue weighted by Gasteiger charge is 2.62. The Hall–Kier alpha value is -3.07. The second-order valence-electron chi connectivity index (χ2n) is 11.8. The predicted molar refractivity (Wildman–Crippen MR) is 167 cm³/mol. The molecule has 0 radical (unpaired) electrons. The van der Waals surface area contributed by atoms with Gasteiger partial charge >= 0.3 is 0 Å². The molecule has 2 atom stereocenters. The predicted octanol–water partition coefficient (Wildman–Crippen LogP) is 7.54. The number of thioether (sulfide) groups is 1. The van der Waals surface area contributed by atoms with Crippen molar-refractivity contribution in [3.05, 3.63) is 118 Å². The van der Waals surface area contributed by atoms with Crippen molar-refractivity contribution in [1.82, 2.24) is 14.2 Å². The van der Waals surface area contributed by atoms with Gasteiger partial charge in [-0.25, -0.2) is 0 Å². The van der Waals surface area contributed by atoms with Crippen molar-refractivity contribution in [3.8, 4) is 0 Å². The molecule has 5 rings (SSSR count). The first kappa shape index (κ1) is 28.5. The Kier molecular flexibility index (Phi) is 7.63. The zero-order chi connectivity index (χ0) is 28.7. The average Bonchev–Trinajstić information content (AvgIpc) is 3.37. The van der Waals surface area contributed by atoms with Gasteiger partial charge < -0.3 is 4.57 Å². The lowest BCUT2D eigenvalue weighted by Gasteiger charge is -2.59. The maximum atomic E-state index is 14.1. The maximum Gasteiger partial charge on any atom is 0.229 e. The topological polar surface area (TPSA) is 63.2 Å². The number of carbonyl (C=O) groups excluding carboxylic acids is 2. The lowest BCUT2D eigenvalue weighted by atomic mass is 9.84. The molecule has 1 aliphatic rings. The normalized spacial score (nSPS) is 17.9. The van der Waals surface area contributed by atoms with E-state index >= 15 is 0 Å². The first-order chi connectivity index (χ1) is 19.0. The van der Waals surface area contributed by atoms with Crippen LogP contribution in [0.3, 0.4) is 0 Å².